The number of hydrogen-bond donors (Lipinski definition) is 1. The van der Waals surface area contributed by atoms with E-state index in [-0.39, 0.29) is 23.8 Å². The molecule has 0 spiro atoms. The second-order valence-electron chi connectivity index (χ2n) is 6.15. The molecule has 23 heavy (non-hydrogen) atoms. The van der Waals surface area contributed by atoms with Crippen molar-refractivity contribution in [1.29, 1.82) is 0 Å². The van der Waals surface area contributed by atoms with Crippen molar-refractivity contribution in [3.63, 3.8) is 0 Å². The largest absolute Gasteiger partial charge is 0.481 e. The number of carbonyl (C=O) groups is 1. The fraction of sp³-hybridized carbons (Fsp3) is 0.588. The van der Waals surface area contributed by atoms with Crippen molar-refractivity contribution >= 4 is 16.1 Å². The van der Waals surface area contributed by atoms with Crippen LogP contribution < -0.4 is 0 Å². The third kappa shape index (κ3) is 7.14. The van der Waals surface area contributed by atoms with Crippen LogP contribution in [0.2, 0.25) is 0 Å². The number of benzene rings is 1. The molecule has 0 aliphatic rings. The van der Waals surface area contributed by atoms with Crippen LogP contribution in [0.5, 0.6) is 0 Å². The Bertz CT molecular complexity index is 592. The summed E-state index contributed by atoms with van der Waals surface area (Å²) in [4.78, 5) is 11.1. The summed E-state index contributed by atoms with van der Waals surface area (Å²) in [6, 6.07) is 6.40. The second-order valence-corrected chi connectivity index (χ2v) is 7.76. The first kappa shape index (κ1) is 19.6. The van der Waals surface area contributed by atoms with E-state index in [0.717, 1.165) is 18.4 Å². The van der Waals surface area contributed by atoms with E-state index < -0.39 is 16.1 Å². The fourth-order valence-corrected chi connectivity index (χ4v) is 3.57. The van der Waals surface area contributed by atoms with Crippen LogP contribution in [0.1, 0.15) is 45.1 Å². The smallest absolute Gasteiger partial charge is 0.303 e. The van der Waals surface area contributed by atoms with Gasteiger partial charge in [0.1, 0.15) is 0 Å². The molecule has 0 aliphatic heterocycles. The molecule has 0 amide bonds. The molecule has 6 heteroatoms. The third-order valence-corrected chi connectivity index (χ3v) is 5.04. The highest BCUT2D eigenvalue weighted by Gasteiger charge is 2.22. The van der Waals surface area contributed by atoms with Crippen LogP contribution in [0.3, 0.4) is 0 Å². The van der Waals surface area contributed by atoms with Crippen LogP contribution in [0.15, 0.2) is 29.2 Å². The molecule has 0 heterocycles. The summed E-state index contributed by atoms with van der Waals surface area (Å²) in [5, 5.41) is 9.00. The zero-order valence-electron chi connectivity index (χ0n) is 14.0. The Morgan fingerprint density at radius 1 is 1.26 bits per heavy atom. The van der Waals surface area contributed by atoms with Crippen LogP contribution >= 0.6 is 0 Å². The molecule has 0 aliphatic carbocycles. The summed E-state index contributed by atoms with van der Waals surface area (Å²) < 4.78 is 29.5. The molecule has 0 unspecified atom stereocenters. The van der Waals surface area contributed by atoms with Gasteiger partial charge in [0, 0.05) is 0 Å². The Morgan fingerprint density at radius 2 is 1.87 bits per heavy atom. The Morgan fingerprint density at radius 3 is 2.39 bits per heavy atom. The van der Waals surface area contributed by atoms with Gasteiger partial charge in [-0.2, -0.15) is 8.42 Å². The van der Waals surface area contributed by atoms with Gasteiger partial charge >= 0.3 is 5.97 Å². The second kappa shape index (κ2) is 9.03. The molecule has 0 saturated carbocycles. The van der Waals surface area contributed by atoms with Crippen molar-refractivity contribution in [1.82, 2.24) is 0 Å². The van der Waals surface area contributed by atoms with Gasteiger partial charge < -0.3 is 5.11 Å². The highest BCUT2D eigenvalue weighted by molar-refractivity contribution is 7.86. The lowest BCUT2D eigenvalue weighted by Gasteiger charge is -2.19. The maximum atomic E-state index is 12.2. The molecule has 1 rings (SSSR count). The number of hydrogen-bond acceptors (Lipinski definition) is 4. The van der Waals surface area contributed by atoms with E-state index in [1.54, 1.807) is 12.1 Å². The molecule has 0 aromatic heterocycles. The first-order chi connectivity index (χ1) is 10.7. The van der Waals surface area contributed by atoms with Crippen LogP contribution in [0.25, 0.3) is 0 Å². The molecule has 2 atom stereocenters. The molecule has 130 valence electrons. The summed E-state index contributed by atoms with van der Waals surface area (Å²) in [7, 11) is -3.85. The van der Waals surface area contributed by atoms with Crippen LogP contribution in [0.4, 0.5) is 0 Å². The molecule has 0 saturated heterocycles. The highest BCUT2D eigenvalue weighted by atomic mass is 32.2. The molecule has 1 aromatic carbocycles. The monoisotopic (exact) mass is 342 g/mol. The van der Waals surface area contributed by atoms with E-state index >= 15 is 0 Å². The van der Waals surface area contributed by atoms with Gasteiger partial charge in [-0.3, -0.25) is 8.98 Å². The number of rotatable bonds is 10. The van der Waals surface area contributed by atoms with Gasteiger partial charge in [-0.05, 0) is 37.3 Å². The SMILES string of the molecule is CCC[C@H](C)C[C@H](COS(=O)(=O)c1ccc(C)cc1)CC(=O)O. The van der Waals surface area contributed by atoms with Crippen molar-refractivity contribution in [2.45, 2.75) is 51.3 Å². The lowest BCUT2D eigenvalue weighted by Crippen LogP contribution is -2.20. The molecular formula is C17H26O5S. The van der Waals surface area contributed by atoms with Crippen molar-refractivity contribution in [2.24, 2.45) is 11.8 Å². The van der Waals surface area contributed by atoms with E-state index in [1.807, 2.05) is 13.8 Å². The quantitative estimate of drug-likeness (QED) is 0.657. The van der Waals surface area contributed by atoms with Gasteiger partial charge in [0.05, 0.1) is 17.9 Å². The Hall–Kier alpha value is -1.40. The zero-order chi connectivity index (χ0) is 17.5. The molecule has 0 bridgehead atoms. The minimum atomic E-state index is -3.85. The van der Waals surface area contributed by atoms with Gasteiger partial charge in [0.2, 0.25) is 0 Å². The van der Waals surface area contributed by atoms with Gasteiger partial charge in [0.25, 0.3) is 10.1 Å². The average Bonchev–Trinajstić information content (AvgIpc) is 2.45. The predicted molar refractivity (Wildman–Crippen MR) is 88.7 cm³/mol. The maximum Gasteiger partial charge on any atom is 0.303 e. The van der Waals surface area contributed by atoms with Gasteiger partial charge in [0.15, 0.2) is 0 Å². The molecule has 1 N–H and O–H groups in total. The molecule has 5 nitrogen and oxygen atoms in total. The van der Waals surface area contributed by atoms with E-state index in [0.29, 0.717) is 12.3 Å². The number of carboxylic acid groups (broad SMARTS) is 1. The van der Waals surface area contributed by atoms with Gasteiger partial charge in [-0.25, -0.2) is 0 Å². The average molecular weight is 342 g/mol. The predicted octanol–water partition coefficient (Wildman–Crippen LogP) is 3.62. The fourth-order valence-electron chi connectivity index (χ4n) is 2.60. The summed E-state index contributed by atoms with van der Waals surface area (Å²) in [6.07, 6.45) is 2.56. The van der Waals surface area contributed by atoms with Crippen molar-refractivity contribution in [3.05, 3.63) is 29.8 Å². The highest BCUT2D eigenvalue weighted by Crippen LogP contribution is 2.22. The molecule has 0 radical (unpaired) electrons. The lowest BCUT2D eigenvalue weighted by atomic mass is 9.91. The van der Waals surface area contributed by atoms with Gasteiger partial charge in [-0.1, -0.05) is 44.4 Å². The Kier molecular flexibility index (Phi) is 7.72. The summed E-state index contributed by atoms with van der Waals surface area (Å²) >= 11 is 0. The summed E-state index contributed by atoms with van der Waals surface area (Å²) in [5.41, 5.74) is 0.959. The first-order valence-corrected chi connectivity index (χ1v) is 9.33. The van der Waals surface area contributed by atoms with E-state index in [2.05, 4.69) is 6.92 Å². The van der Waals surface area contributed by atoms with Crippen LogP contribution in [-0.2, 0) is 19.1 Å². The standard InChI is InChI=1S/C17H26O5S/c1-4-5-14(3)10-15(11-17(18)19)12-22-23(20,21)16-8-6-13(2)7-9-16/h6-9,14-15H,4-5,10-12H2,1-3H3,(H,18,19)/t14-,15-/m0/s1. The van der Waals surface area contributed by atoms with Gasteiger partial charge in [-0.15, -0.1) is 0 Å². The number of carboxylic acids is 1. The lowest BCUT2D eigenvalue weighted by molar-refractivity contribution is -0.138. The van der Waals surface area contributed by atoms with Crippen LogP contribution in [0, 0.1) is 18.8 Å². The molecular weight excluding hydrogens is 316 g/mol. The normalized spacial score (nSPS) is 14.4. The zero-order valence-corrected chi connectivity index (χ0v) is 14.8. The van der Waals surface area contributed by atoms with Crippen LogP contribution in [-0.4, -0.2) is 26.1 Å². The number of aryl methyl sites for hydroxylation is 1. The van der Waals surface area contributed by atoms with Crippen molar-refractivity contribution in [2.75, 3.05) is 6.61 Å². The maximum absolute atomic E-state index is 12.2. The van der Waals surface area contributed by atoms with E-state index in [9.17, 15) is 13.2 Å². The van der Waals surface area contributed by atoms with E-state index in [1.165, 1.54) is 12.1 Å². The minimum Gasteiger partial charge on any atom is -0.481 e. The van der Waals surface area contributed by atoms with Crippen molar-refractivity contribution < 1.29 is 22.5 Å². The molecule has 0 fully saturated rings. The number of aliphatic carboxylic acids is 1. The van der Waals surface area contributed by atoms with Crippen molar-refractivity contribution in [3.8, 4) is 0 Å². The summed E-state index contributed by atoms with van der Waals surface area (Å²) in [5.74, 6) is -0.903. The topological polar surface area (TPSA) is 80.7 Å². The van der Waals surface area contributed by atoms with E-state index in [4.69, 9.17) is 9.29 Å². The Balaban J connectivity index is 2.71. The minimum absolute atomic E-state index is 0.0858. The summed E-state index contributed by atoms with van der Waals surface area (Å²) in [6.45, 7) is 5.89. The Labute approximate surface area is 138 Å². The first-order valence-electron chi connectivity index (χ1n) is 7.92. The molecule has 1 aromatic rings. The third-order valence-electron chi connectivity index (χ3n) is 3.75.